The Balaban J connectivity index is 1.84. The van der Waals surface area contributed by atoms with Crippen LogP contribution in [0.25, 0.3) is 0 Å². The Bertz CT molecular complexity index is 674. The second-order valence-electron chi connectivity index (χ2n) is 6.32. The zero-order valence-electron chi connectivity index (χ0n) is 15.7. The maximum absolute atomic E-state index is 12.4. The Labute approximate surface area is 161 Å². The highest BCUT2D eigenvalue weighted by atomic mass is 19.4. The summed E-state index contributed by atoms with van der Waals surface area (Å²) in [6.45, 7) is 1.94. The first-order chi connectivity index (χ1) is 13.3. The third-order valence-corrected chi connectivity index (χ3v) is 4.16. The second-order valence-corrected chi connectivity index (χ2v) is 6.32. The molecule has 10 heteroatoms. The highest BCUT2D eigenvalue weighted by Crippen LogP contribution is 2.22. The number of nitrogens with zero attached hydrogens (tertiary/aromatic N) is 2. The smallest absolute Gasteiger partial charge is 0.422 e. The van der Waals surface area contributed by atoms with Gasteiger partial charge in [-0.3, -0.25) is 0 Å². The van der Waals surface area contributed by atoms with Crippen LogP contribution >= 0.6 is 0 Å². The van der Waals surface area contributed by atoms with Gasteiger partial charge in [0.15, 0.2) is 12.6 Å². The molecular weight excluding hydrogens is 377 g/mol. The van der Waals surface area contributed by atoms with E-state index in [9.17, 15) is 18.0 Å². The lowest BCUT2D eigenvalue weighted by Crippen LogP contribution is -2.48. The number of hydrogen-bond donors (Lipinski definition) is 2. The summed E-state index contributed by atoms with van der Waals surface area (Å²) in [6, 6.07) is 6.45. The first kappa shape index (κ1) is 21.6. The van der Waals surface area contributed by atoms with Gasteiger partial charge in [-0.1, -0.05) is 18.2 Å². The molecule has 1 fully saturated rings. The SMILES string of the molecule is CCOC(=O)N1CCC(NC(N)=NCc2ccccc2OCC(F)(F)F)CC1. The number of hydrogen-bond acceptors (Lipinski definition) is 4. The van der Waals surface area contributed by atoms with Gasteiger partial charge in [-0.2, -0.15) is 13.2 Å². The Kier molecular flexibility index (Phi) is 7.77. The van der Waals surface area contributed by atoms with Gasteiger partial charge in [-0.15, -0.1) is 0 Å². The van der Waals surface area contributed by atoms with Crippen molar-refractivity contribution < 1.29 is 27.4 Å². The second kappa shape index (κ2) is 10.0. The Morgan fingerprint density at radius 1 is 1.32 bits per heavy atom. The molecule has 1 amide bonds. The van der Waals surface area contributed by atoms with E-state index >= 15 is 0 Å². The number of nitrogens with one attached hydrogen (secondary N) is 1. The number of halogens is 3. The molecule has 0 spiro atoms. The molecular formula is C18H25F3N4O3. The molecule has 1 aliphatic rings. The number of piperidine rings is 1. The molecule has 1 saturated heterocycles. The van der Waals surface area contributed by atoms with Crippen molar-refractivity contribution in [3.63, 3.8) is 0 Å². The molecule has 0 unspecified atom stereocenters. The average molecular weight is 402 g/mol. The maximum Gasteiger partial charge on any atom is 0.422 e. The van der Waals surface area contributed by atoms with Gasteiger partial charge in [0, 0.05) is 24.7 Å². The number of nitrogens with two attached hydrogens (primary N) is 1. The summed E-state index contributed by atoms with van der Waals surface area (Å²) in [4.78, 5) is 17.5. The van der Waals surface area contributed by atoms with Crippen LogP contribution in [-0.2, 0) is 11.3 Å². The van der Waals surface area contributed by atoms with Gasteiger partial charge < -0.3 is 25.4 Å². The van der Waals surface area contributed by atoms with Crippen LogP contribution in [0.15, 0.2) is 29.3 Å². The van der Waals surface area contributed by atoms with Crippen molar-refractivity contribution in [3.8, 4) is 5.75 Å². The van der Waals surface area contributed by atoms with E-state index in [2.05, 4.69) is 10.3 Å². The van der Waals surface area contributed by atoms with Gasteiger partial charge in [0.25, 0.3) is 0 Å². The monoisotopic (exact) mass is 402 g/mol. The van der Waals surface area contributed by atoms with E-state index in [-0.39, 0.29) is 30.4 Å². The molecule has 2 rings (SSSR count). The summed E-state index contributed by atoms with van der Waals surface area (Å²) in [7, 11) is 0. The minimum Gasteiger partial charge on any atom is -0.484 e. The lowest BCUT2D eigenvalue weighted by Gasteiger charge is -2.31. The number of aliphatic imine (C=N–C) groups is 1. The van der Waals surface area contributed by atoms with Gasteiger partial charge in [-0.05, 0) is 25.8 Å². The van der Waals surface area contributed by atoms with Crippen molar-refractivity contribution in [1.82, 2.24) is 10.2 Å². The summed E-state index contributed by atoms with van der Waals surface area (Å²) in [6.07, 6.45) is -3.34. The van der Waals surface area contributed by atoms with Crippen molar-refractivity contribution >= 4 is 12.1 Å². The molecule has 1 heterocycles. The first-order valence-electron chi connectivity index (χ1n) is 9.04. The summed E-state index contributed by atoms with van der Waals surface area (Å²) < 4.78 is 46.9. The molecule has 1 aliphatic heterocycles. The fraction of sp³-hybridized carbons (Fsp3) is 0.556. The largest absolute Gasteiger partial charge is 0.484 e. The third-order valence-electron chi connectivity index (χ3n) is 4.16. The van der Waals surface area contributed by atoms with Crippen LogP contribution < -0.4 is 15.8 Å². The first-order valence-corrected chi connectivity index (χ1v) is 9.04. The summed E-state index contributed by atoms with van der Waals surface area (Å²) >= 11 is 0. The molecule has 0 aromatic heterocycles. The minimum atomic E-state index is -4.41. The average Bonchev–Trinajstić information content (AvgIpc) is 2.65. The van der Waals surface area contributed by atoms with Crippen LogP contribution in [0, 0.1) is 0 Å². The summed E-state index contributed by atoms with van der Waals surface area (Å²) in [5, 5.41) is 3.08. The molecule has 0 atom stereocenters. The van der Waals surface area contributed by atoms with E-state index in [1.165, 1.54) is 6.07 Å². The predicted octanol–water partition coefficient (Wildman–Crippen LogP) is 2.65. The van der Waals surface area contributed by atoms with Crippen molar-refractivity contribution in [1.29, 1.82) is 0 Å². The van der Waals surface area contributed by atoms with Crippen LogP contribution in [0.4, 0.5) is 18.0 Å². The van der Waals surface area contributed by atoms with Gasteiger partial charge in [0.1, 0.15) is 5.75 Å². The number of likely N-dealkylation sites (tertiary alicyclic amines) is 1. The van der Waals surface area contributed by atoms with E-state index in [0.717, 1.165) is 0 Å². The number of guanidine groups is 1. The zero-order chi connectivity index (χ0) is 20.6. The zero-order valence-corrected chi connectivity index (χ0v) is 15.7. The third kappa shape index (κ3) is 7.16. The highest BCUT2D eigenvalue weighted by molar-refractivity contribution is 5.78. The van der Waals surface area contributed by atoms with E-state index in [1.807, 2.05) is 0 Å². The van der Waals surface area contributed by atoms with Gasteiger partial charge in [0.05, 0.1) is 13.2 Å². The molecule has 0 aliphatic carbocycles. The molecule has 0 radical (unpaired) electrons. The van der Waals surface area contributed by atoms with Crippen LogP contribution in [0.3, 0.4) is 0 Å². The molecule has 0 saturated carbocycles. The number of amides is 1. The Morgan fingerprint density at radius 2 is 2.00 bits per heavy atom. The van der Waals surface area contributed by atoms with Crippen molar-refractivity contribution in [2.45, 2.75) is 38.5 Å². The standard InChI is InChI=1S/C18H25F3N4O3/c1-2-27-17(26)25-9-7-14(8-10-25)24-16(22)23-11-13-5-3-4-6-15(13)28-12-18(19,20)21/h3-6,14H,2,7-12H2,1H3,(H3,22,23,24). The quantitative estimate of drug-likeness (QED) is 0.564. The molecule has 3 N–H and O–H groups in total. The number of carbonyl (C=O) groups is 1. The van der Waals surface area contributed by atoms with Crippen molar-refractivity contribution in [2.24, 2.45) is 10.7 Å². The Morgan fingerprint density at radius 3 is 2.64 bits per heavy atom. The highest BCUT2D eigenvalue weighted by Gasteiger charge is 2.28. The number of rotatable bonds is 6. The molecule has 1 aromatic rings. The van der Waals surface area contributed by atoms with Crippen LogP contribution in [0.1, 0.15) is 25.3 Å². The number of para-hydroxylation sites is 1. The number of carbonyl (C=O) groups excluding carboxylic acids is 1. The van der Waals surface area contributed by atoms with E-state index in [0.29, 0.717) is 38.1 Å². The molecule has 0 bridgehead atoms. The van der Waals surface area contributed by atoms with Crippen LogP contribution in [0.5, 0.6) is 5.75 Å². The van der Waals surface area contributed by atoms with E-state index < -0.39 is 12.8 Å². The fourth-order valence-corrected chi connectivity index (χ4v) is 2.78. The predicted molar refractivity (Wildman–Crippen MR) is 98.1 cm³/mol. The van der Waals surface area contributed by atoms with Gasteiger partial charge in [-0.25, -0.2) is 9.79 Å². The minimum absolute atomic E-state index is 0.0612. The number of benzene rings is 1. The van der Waals surface area contributed by atoms with Gasteiger partial charge in [0.2, 0.25) is 0 Å². The lowest BCUT2D eigenvalue weighted by molar-refractivity contribution is -0.153. The molecule has 1 aromatic carbocycles. The maximum atomic E-state index is 12.4. The van der Waals surface area contributed by atoms with Crippen molar-refractivity contribution in [3.05, 3.63) is 29.8 Å². The fourth-order valence-electron chi connectivity index (χ4n) is 2.78. The topological polar surface area (TPSA) is 89.2 Å². The van der Waals surface area contributed by atoms with E-state index in [1.54, 1.807) is 30.0 Å². The summed E-state index contributed by atoms with van der Waals surface area (Å²) in [5.74, 6) is 0.319. The Hall–Kier alpha value is -2.65. The summed E-state index contributed by atoms with van der Waals surface area (Å²) in [5.41, 5.74) is 6.41. The number of ether oxygens (including phenoxy) is 2. The van der Waals surface area contributed by atoms with Crippen LogP contribution in [-0.4, -0.2) is 55.5 Å². The number of alkyl halides is 3. The molecule has 156 valence electrons. The normalized spacial score (nSPS) is 16.0. The molecule has 28 heavy (non-hydrogen) atoms. The van der Waals surface area contributed by atoms with Gasteiger partial charge >= 0.3 is 12.3 Å². The van der Waals surface area contributed by atoms with Crippen molar-refractivity contribution in [2.75, 3.05) is 26.3 Å². The lowest BCUT2D eigenvalue weighted by atomic mass is 10.1. The van der Waals surface area contributed by atoms with Crippen LogP contribution in [0.2, 0.25) is 0 Å². The molecule has 7 nitrogen and oxygen atoms in total. The van der Waals surface area contributed by atoms with E-state index in [4.69, 9.17) is 15.2 Å².